The molecule has 0 aliphatic rings. The molecule has 1 aromatic rings. The summed E-state index contributed by atoms with van der Waals surface area (Å²) in [5.41, 5.74) is -0.485. The Morgan fingerprint density at radius 2 is 2.00 bits per heavy atom. The van der Waals surface area contributed by atoms with Crippen LogP contribution in [0.15, 0.2) is 11.2 Å². The van der Waals surface area contributed by atoms with Crippen molar-refractivity contribution < 1.29 is 9.53 Å². The average molecular weight is 341 g/mol. The molecule has 7 nitrogen and oxygen atoms in total. The third-order valence-corrected chi connectivity index (χ3v) is 3.39. The second kappa shape index (κ2) is 9.34. The van der Waals surface area contributed by atoms with E-state index in [1.807, 2.05) is 40.8 Å². The van der Waals surface area contributed by atoms with Crippen LogP contribution < -0.4 is 16.0 Å². The molecule has 0 aliphatic carbocycles. The Morgan fingerprint density at radius 3 is 2.57 bits per heavy atom. The van der Waals surface area contributed by atoms with Crippen molar-refractivity contribution in [1.82, 2.24) is 20.9 Å². The maximum absolute atomic E-state index is 11.5. The number of carbonyl (C=O) groups is 1. The first-order valence-corrected chi connectivity index (χ1v) is 8.52. The molecule has 0 fully saturated rings. The van der Waals surface area contributed by atoms with Gasteiger partial charge in [-0.25, -0.2) is 14.8 Å². The zero-order valence-electron chi connectivity index (χ0n) is 14.5. The van der Waals surface area contributed by atoms with Crippen LogP contribution in [0.2, 0.25) is 0 Å². The second-order valence-corrected chi connectivity index (χ2v) is 7.22. The summed E-state index contributed by atoms with van der Waals surface area (Å²) >= 11 is 1.64. The van der Waals surface area contributed by atoms with Crippen LogP contribution in [0.1, 0.15) is 37.6 Å². The van der Waals surface area contributed by atoms with Gasteiger partial charge in [-0.15, -0.1) is 11.3 Å². The highest BCUT2D eigenvalue weighted by molar-refractivity contribution is 7.11. The quantitative estimate of drug-likeness (QED) is 0.419. The van der Waals surface area contributed by atoms with E-state index in [0.29, 0.717) is 25.6 Å². The maximum atomic E-state index is 11.5. The van der Waals surface area contributed by atoms with Gasteiger partial charge in [0, 0.05) is 30.7 Å². The minimum absolute atomic E-state index is 0.415. The number of hydrogen-bond acceptors (Lipinski definition) is 5. The highest BCUT2D eigenvalue weighted by Crippen LogP contribution is 2.12. The molecule has 0 saturated carbocycles. The van der Waals surface area contributed by atoms with E-state index in [2.05, 4.69) is 25.9 Å². The van der Waals surface area contributed by atoms with Gasteiger partial charge in [-0.2, -0.15) is 0 Å². The van der Waals surface area contributed by atoms with E-state index in [4.69, 9.17) is 4.74 Å². The molecule has 1 heterocycles. The summed E-state index contributed by atoms with van der Waals surface area (Å²) in [5, 5.41) is 10.1. The number of ether oxygens (including phenoxy) is 1. The molecule has 1 amide bonds. The van der Waals surface area contributed by atoms with Gasteiger partial charge in [0.25, 0.3) is 0 Å². The third-order valence-electron chi connectivity index (χ3n) is 2.49. The van der Waals surface area contributed by atoms with Crippen LogP contribution in [-0.4, -0.2) is 42.3 Å². The molecule has 0 atom stereocenters. The van der Waals surface area contributed by atoms with E-state index >= 15 is 0 Å². The van der Waals surface area contributed by atoms with Crippen LogP contribution in [0.4, 0.5) is 4.79 Å². The van der Waals surface area contributed by atoms with Gasteiger partial charge in [-0.1, -0.05) is 0 Å². The molecule has 0 radical (unpaired) electrons. The van der Waals surface area contributed by atoms with Crippen molar-refractivity contribution in [1.29, 1.82) is 0 Å². The van der Waals surface area contributed by atoms with E-state index < -0.39 is 11.7 Å². The Bertz CT molecular complexity index is 522. The van der Waals surface area contributed by atoms with Gasteiger partial charge in [0.05, 0.1) is 11.6 Å². The summed E-state index contributed by atoms with van der Waals surface area (Å²) in [6.07, 6.45) is 1.43. The fourth-order valence-corrected chi connectivity index (χ4v) is 2.36. The van der Waals surface area contributed by atoms with E-state index in [0.717, 1.165) is 16.4 Å². The summed E-state index contributed by atoms with van der Waals surface area (Å²) in [5.74, 6) is 0.713. The molecule has 0 bridgehead atoms. The second-order valence-electron chi connectivity index (χ2n) is 5.90. The SMILES string of the molecule is CCNC(=NCc1cnc(C)s1)NCCNC(=O)OC(C)(C)C. The Labute approximate surface area is 141 Å². The molecule has 1 rings (SSSR count). The van der Waals surface area contributed by atoms with Gasteiger partial charge < -0.3 is 20.7 Å². The van der Waals surface area contributed by atoms with Crippen molar-refractivity contribution in [3.63, 3.8) is 0 Å². The molecule has 3 N–H and O–H groups in total. The molecule has 130 valence electrons. The number of aliphatic imine (C=N–C) groups is 1. The zero-order valence-corrected chi connectivity index (χ0v) is 15.3. The van der Waals surface area contributed by atoms with Gasteiger partial charge in [0.1, 0.15) is 5.60 Å². The first kappa shape index (κ1) is 19.2. The maximum Gasteiger partial charge on any atom is 0.407 e. The van der Waals surface area contributed by atoms with Crippen LogP contribution in [0.3, 0.4) is 0 Å². The number of nitrogens with one attached hydrogen (secondary N) is 3. The minimum Gasteiger partial charge on any atom is -0.444 e. The standard InChI is InChI=1S/C15H27N5O2S/c1-6-16-13(20-10-12-9-19-11(2)23-12)17-7-8-18-14(21)22-15(3,4)5/h9H,6-8,10H2,1-5H3,(H,18,21)(H2,16,17,20). The van der Waals surface area contributed by atoms with Crippen LogP contribution in [-0.2, 0) is 11.3 Å². The van der Waals surface area contributed by atoms with E-state index in [1.165, 1.54) is 0 Å². The number of hydrogen-bond donors (Lipinski definition) is 3. The Hall–Kier alpha value is -1.83. The number of carbonyl (C=O) groups excluding carboxylic acids is 1. The zero-order chi connectivity index (χ0) is 17.3. The topological polar surface area (TPSA) is 87.6 Å². The largest absolute Gasteiger partial charge is 0.444 e. The first-order valence-electron chi connectivity index (χ1n) is 7.70. The van der Waals surface area contributed by atoms with Crippen molar-refractivity contribution in [3.8, 4) is 0 Å². The minimum atomic E-state index is -0.485. The number of nitrogens with zero attached hydrogens (tertiary/aromatic N) is 2. The van der Waals surface area contributed by atoms with Crippen LogP contribution in [0, 0.1) is 6.92 Å². The lowest BCUT2D eigenvalue weighted by Crippen LogP contribution is -2.42. The van der Waals surface area contributed by atoms with E-state index in [-0.39, 0.29) is 0 Å². The van der Waals surface area contributed by atoms with Crippen LogP contribution in [0.5, 0.6) is 0 Å². The Kier molecular flexibility index (Phi) is 7.80. The molecule has 8 heteroatoms. The smallest absolute Gasteiger partial charge is 0.407 e. The lowest BCUT2D eigenvalue weighted by atomic mass is 10.2. The molecule has 23 heavy (non-hydrogen) atoms. The number of guanidine groups is 1. The lowest BCUT2D eigenvalue weighted by Gasteiger charge is -2.19. The molecule has 0 saturated heterocycles. The monoisotopic (exact) mass is 341 g/mol. The van der Waals surface area contributed by atoms with Gasteiger partial charge in [0.15, 0.2) is 5.96 Å². The number of aryl methyl sites for hydroxylation is 1. The summed E-state index contributed by atoms with van der Waals surface area (Å²) < 4.78 is 5.17. The molecule has 0 unspecified atom stereocenters. The number of thiazole rings is 1. The first-order chi connectivity index (χ1) is 10.8. The summed E-state index contributed by atoms with van der Waals surface area (Å²) in [7, 11) is 0. The van der Waals surface area contributed by atoms with Crippen molar-refractivity contribution in [2.75, 3.05) is 19.6 Å². The number of rotatable bonds is 6. The van der Waals surface area contributed by atoms with E-state index in [1.54, 1.807) is 11.3 Å². The molecule has 1 aromatic heterocycles. The number of alkyl carbamates (subject to hydrolysis) is 1. The predicted molar refractivity (Wildman–Crippen MR) is 93.9 cm³/mol. The van der Waals surface area contributed by atoms with Gasteiger partial charge in [-0.05, 0) is 34.6 Å². The molecule has 0 spiro atoms. The van der Waals surface area contributed by atoms with Crippen molar-refractivity contribution in [2.45, 2.75) is 46.8 Å². The Balaban J connectivity index is 2.34. The lowest BCUT2D eigenvalue weighted by molar-refractivity contribution is 0.0529. The normalized spacial score (nSPS) is 12.0. The van der Waals surface area contributed by atoms with Crippen LogP contribution in [0.25, 0.3) is 0 Å². The number of amides is 1. The van der Waals surface area contributed by atoms with Crippen molar-refractivity contribution in [2.24, 2.45) is 4.99 Å². The highest BCUT2D eigenvalue weighted by atomic mass is 32.1. The fourth-order valence-electron chi connectivity index (χ4n) is 1.64. The summed E-state index contributed by atoms with van der Waals surface area (Å²) in [4.78, 5) is 21.4. The van der Waals surface area contributed by atoms with Gasteiger partial charge in [0.2, 0.25) is 0 Å². The predicted octanol–water partition coefficient (Wildman–Crippen LogP) is 2.03. The summed E-state index contributed by atoms with van der Waals surface area (Å²) in [6, 6.07) is 0. The average Bonchev–Trinajstić information content (AvgIpc) is 2.84. The van der Waals surface area contributed by atoms with Crippen LogP contribution >= 0.6 is 11.3 Å². The molecule has 0 aliphatic heterocycles. The molecule has 0 aromatic carbocycles. The molecular weight excluding hydrogens is 314 g/mol. The fraction of sp³-hybridized carbons (Fsp3) is 0.667. The van der Waals surface area contributed by atoms with Gasteiger partial charge in [-0.3, -0.25) is 0 Å². The highest BCUT2D eigenvalue weighted by Gasteiger charge is 2.15. The van der Waals surface area contributed by atoms with Gasteiger partial charge >= 0.3 is 6.09 Å². The number of aromatic nitrogens is 1. The Morgan fingerprint density at radius 1 is 1.30 bits per heavy atom. The summed E-state index contributed by atoms with van der Waals surface area (Å²) in [6.45, 7) is 11.9. The van der Waals surface area contributed by atoms with Crippen molar-refractivity contribution in [3.05, 3.63) is 16.1 Å². The third kappa shape index (κ3) is 9.02. The van der Waals surface area contributed by atoms with Crippen molar-refractivity contribution >= 4 is 23.4 Å². The molecular formula is C15H27N5O2S. The van der Waals surface area contributed by atoms with E-state index in [9.17, 15) is 4.79 Å².